The Morgan fingerprint density at radius 1 is 1.11 bits per heavy atom. The highest BCUT2D eigenvalue weighted by molar-refractivity contribution is 7.98. The molecule has 0 fully saturated rings. The molecule has 0 unspecified atom stereocenters. The lowest BCUT2D eigenvalue weighted by atomic mass is 10.2. The van der Waals surface area contributed by atoms with Crippen molar-refractivity contribution in [2.45, 2.75) is 10.9 Å². The molecule has 0 amide bonds. The molecule has 0 saturated carbocycles. The van der Waals surface area contributed by atoms with E-state index in [2.05, 4.69) is 20.3 Å². The second kappa shape index (κ2) is 7.78. The van der Waals surface area contributed by atoms with Crippen molar-refractivity contribution in [1.82, 2.24) is 25.0 Å². The Bertz CT molecular complexity index is 1130. The third-order valence-corrected chi connectivity index (χ3v) is 5.21. The fourth-order valence-corrected chi connectivity index (χ4v) is 3.57. The monoisotopic (exact) mass is 436 g/mol. The largest absolute Gasteiger partial charge is 0.335 e. The number of hydrogen-bond donors (Lipinski definition) is 1. The second-order valence-electron chi connectivity index (χ2n) is 5.61. The van der Waals surface area contributed by atoms with Crippen molar-refractivity contribution in [3.8, 4) is 22.8 Å². The Hall–Kier alpha value is -2.62. The molecule has 28 heavy (non-hydrogen) atoms. The van der Waals surface area contributed by atoms with Crippen LogP contribution in [0.1, 0.15) is 5.82 Å². The Labute approximate surface area is 172 Å². The topological polar surface area (TPSA) is 95.7 Å². The number of rotatable bonds is 5. The molecule has 0 radical (unpaired) electrons. The molecule has 2 heterocycles. The molecule has 2 aromatic carbocycles. The number of hydrogen-bond acceptors (Lipinski definition) is 7. The van der Waals surface area contributed by atoms with Gasteiger partial charge in [-0.1, -0.05) is 40.1 Å². The van der Waals surface area contributed by atoms with Crippen LogP contribution >= 0.6 is 35.0 Å². The van der Waals surface area contributed by atoms with E-state index >= 15 is 0 Å². The van der Waals surface area contributed by atoms with Gasteiger partial charge in [0.2, 0.25) is 5.16 Å². The fraction of sp³-hybridized carbons (Fsp3) is 0.0588. The highest BCUT2D eigenvalue weighted by Crippen LogP contribution is 2.30. The van der Waals surface area contributed by atoms with Crippen LogP contribution in [0.3, 0.4) is 0 Å². The lowest BCUT2D eigenvalue weighted by Gasteiger charge is -2.05. The molecule has 2 aromatic heterocycles. The molecule has 2 N–H and O–H groups in total. The van der Waals surface area contributed by atoms with E-state index in [1.54, 1.807) is 30.3 Å². The zero-order valence-electron chi connectivity index (χ0n) is 14.0. The van der Waals surface area contributed by atoms with Crippen LogP contribution < -0.4 is 5.84 Å². The fourth-order valence-electron chi connectivity index (χ4n) is 2.38. The minimum absolute atomic E-state index is 0.304. The summed E-state index contributed by atoms with van der Waals surface area (Å²) in [5, 5.41) is 13.5. The number of benzene rings is 2. The van der Waals surface area contributed by atoms with Crippen molar-refractivity contribution in [1.29, 1.82) is 0 Å². The van der Waals surface area contributed by atoms with Gasteiger partial charge in [-0.2, -0.15) is 4.98 Å². The molecule has 4 aromatic rings. The molecule has 0 saturated heterocycles. The van der Waals surface area contributed by atoms with Crippen molar-refractivity contribution in [3.05, 3.63) is 64.2 Å². The number of nitrogen functional groups attached to an aromatic ring is 1. The van der Waals surface area contributed by atoms with Gasteiger partial charge in [-0.05, 0) is 42.5 Å². The van der Waals surface area contributed by atoms with Gasteiger partial charge in [-0.3, -0.25) is 0 Å². The highest BCUT2D eigenvalue weighted by atomic mass is 35.5. The summed E-state index contributed by atoms with van der Waals surface area (Å²) in [6, 6.07) is 10.8. The first-order valence-corrected chi connectivity index (χ1v) is 9.62. The number of halogens is 3. The Morgan fingerprint density at radius 3 is 2.64 bits per heavy atom. The standard InChI is InChI=1S/C17H11Cl2FN6OS/c18-10-3-6-12(13(19)7-10)15-23-24-17(26(15)21)28-8-14-22-16(27-25-14)9-1-4-11(20)5-2-9/h1-7H,8,21H2. The smallest absolute Gasteiger partial charge is 0.257 e. The van der Waals surface area contributed by atoms with Crippen LogP contribution in [0.4, 0.5) is 4.39 Å². The molecule has 0 bridgehead atoms. The molecule has 0 aliphatic rings. The first kappa shape index (κ1) is 18.7. The predicted molar refractivity (Wildman–Crippen MR) is 105 cm³/mol. The van der Waals surface area contributed by atoms with E-state index in [9.17, 15) is 4.39 Å². The second-order valence-corrected chi connectivity index (χ2v) is 7.40. The van der Waals surface area contributed by atoms with Gasteiger partial charge in [0, 0.05) is 16.1 Å². The van der Waals surface area contributed by atoms with Crippen LogP contribution in [-0.4, -0.2) is 25.0 Å². The number of nitrogens with zero attached hydrogens (tertiary/aromatic N) is 5. The molecule has 0 atom stereocenters. The van der Waals surface area contributed by atoms with Gasteiger partial charge in [0.05, 0.1) is 10.8 Å². The Balaban J connectivity index is 1.49. The molecule has 0 spiro atoms. The summed E-state index contributed by atoms with van der Waals surface area (Å²) >= 11 is 13.4. The average Bonchev–Trinajstić information content (AvgIpc) is 3.28. The van der Waals surface area contributed by atoms with Gasteiger partial charge in [0.1, 0.15) is 5.82 Å². The summed E-state index contributed by atoms with van der Waals surface area (Å²) in [4.78, 5) is 4.29. The summed E-state index contributed by atoms with van der Waals surface area (Å²) in [5.74, 6) is 7.27. The summed E-state index contributed by atoms with van der Waals surface area (Å²) in [6.45, 7) is 0. The highest BCUT2D eigenvalue weighted by Gasteiger charge is 2.16. The summed E-state index contributed by atoms with van der Waals surface area (Å²) in [6.07, 6.45) is 0. The van der Waals surface area contributed by atoms with E-state index in [4.69, 9.17) is 33.6 Å². The molecule has 0 aliphatic carbocycles. The lowest BCUT2D eigenvalue weighted by molar-refractivity contribution is 0.425. The predicted octanol–water partition coefficient (Wildman–Crippen LogP) is 4.45. The number of thioether (sulfide) groups is 1. The van der Waals surface area contributed by atoms with E-state index in [0.717, 1.165) is 0 Å². The third kappa shape index (κ3) is 3.82. The van der Waals surface area contributed by atoms with E-state index in [0.29, 0.717) is 49.6 Å². The van der Waals surface area contributed by atoms with Crippen LogP contribution in [0.25, 0.3) is 22.8 Å². The zero-order chi connectivity index (χ0) is 19.7. The van der Waals surface area contributed by atoms with E-state index in [-0.39, 0.29) is 5.82 Å². The molecule has 7 nitrogen and oxygen atoms in total. The van der Waals surface area contributed by atoms with Crippen LogP contribution in [0, 0.1) is 5.82 Å². The molecule has 0 aliphatic heterocycles. The summed E-state index contributed by atoms with van der Waals surface area (Å²) in [7, 11) is 0. The van der Waals surface area contributed by atoms with E-state index < -0.39 is 0 Å². The maximum atomic E-state index is 13.0. The van der Waals surface area contributed by atoms with Crippen LogP contribution in [0.2, 0.25) is 10.0 Å². The maximum absolute atomic E-state index is 13.0. The van der Waals surface area contributed by atoms with Crippen LogP contribution in [0.15, 0.2) is 52.1 Å². The Kier molecular flexibility index (Phi) is 5.21. The SMILES string of the molecule is Nn1c(SCc2noc(-c3ccc(F)cc3)n2)nnc1-c1ccc(Cl)cc1Cl. The van der Waals surface area contributed by atoms with Gasteiger partial charge in [-0.25, -0.2) is 9.07 Å². The minimum atomic E-state index is -0.335. The molecular formula is C17H11Cl2FN6OS. The third-order valence-electron chi connectivity index (χ3n) is 3.73. The van der Waals surface area contributed by atoms with Crippen molar-refractivity contribution in [3.63, 3.8) is 0 Å². The zero-order valence-corrected chi connectivity index (χ0v) is 16.3. The maximum Gasteiger partial charge on any atom is 0.257 e. The van der Waals surface area contributed by atoms with Crippen molar-refractivity contribution < 1.29 is 8.91 Å². The van der Waals surface area contributed by atoms with Crippen molar-refractivity contribution >= 4 is 35.0 Å². The van der Waals surface area contributed by atoms with Crippen molar-refractivity contribution in [2.24, 2.45) is 0 Å². The van der Waals surface area contributed by atoms with Crippen LogP contribution in [-0.2, 0) is 5.75 Å². The quantitative estimate of drug-likeness (QED) is 0.364. The van der Waals surface area contributed by atoms with Gasteiger partial charge in [0.15, 0.2) is 11.6 Å². The number of aromatic nitrogens is 5. The van der Waals surface area contributed by atoms with E-state index in [1.165, 1.54) is 28.6 Å². The molecule has 11 heteroatoms. The normalized spacial score (nSPS) is 11.1. The van der Waals surface area contributed by atoms with Gasteiger partial charge < -0.3 is 10.4 Å². The first-order valence-electron chi connectivity index (χ1n) is 7.88. The van der Waals surface area contributed by atoms with Crippen LogP contribution in [0.5, 0.6) is 0 Å². The molecular weight excluding hydrogens is 426 g/mol. The lowest BCUT2D eigenvalue weighted by Crippen LogP contribution is -2.11. The Morgan fingerprint density at radius 2 is 1.89 bits per heavy atom. The molecule has 4 rings (SSSR count). The van der Waals surface area contributed by atoms with E-state index in [1.807, 2.05) is 0 Å². The average molecular weight is 437 g/mol. The summed E-state index contributed by atoms with van der Waals surface area (Å²) < 4.78 is 19.6. The van der Waals surface area contributed by atoms with Gasteiger partial charge in [0.25, 0.3) is 5.89 Å². The van der Waals surface area contributed by atoms with Crippen molar-refractivity contribution in [2.75, 3.05) is 5.84 Å². The van der Waals surface area contributed by atoms with Gasteiger partial charge >= 0.3 is 0 Å². The minimum Gasteiger partial charge on any atom is -0.335 e. The molecule has 142 valence electrons. The number of nitrogens with two attached hydrogens (primary N) is 1. The van der Waals surface area contributed by atoms with Gasteiger partial charge in [-0.15, -0.1) is 10.2 Å². The first-order chi connectivity index (χ1) is 13.5. The summed E-state index contributed by atoms with van der Waals surface area (Å²) in [5.41, 5.74) is 1.25.